The summed E-state index contributed by atoms with van der Waals surface area (Å²) in [5.74, 6) is 6.31. The molecule has 3 aromatic rings. The van der Waals surface area contributed by atoms with Crippen LogP contribution in [0.3, 0.4) is 0 Å². The molecule has 36 heavy (non-hydrogen) atoms. The first-order chi connectivity index (χ1) is 17.1. The third kappa shape index (κ3) is 6.40. The fraction of sp³-hybridized carbons (Fsp3) is 0.308. The summed E-state index contributed by atoms with van der Waals surface area (Å²) in [5.41, 5.74) is 0.0287. The van der Waals surface area contributed by atoms with Crippen LogP contribution < -0.4 is 9.64 Å². The van der Waals surface area contributed by atoms with Crippen molar-refractivity contribution in [2.24, 2.45) is 0 Å². The Kier molecular flexibility index (Phi) is 8.30. The van der Waals surface area contributed by atoms with Crippen LogP contribution in [-0.4, -0.2) is 42.0 Å². The number of amides is 1. The van der Waals surface area contributed by atoms with Gasteiger partial charge in [0.15, 0.2) is 6.79 Å². The molecule has 2 heterocycles. The van der Waals surface area contributed by atoms with Gasteiger partial charge in [-0.1, -0.05) is 11.8 Å². The molecular formula is C26H27N3O7. The SMILES string of the molecule is CCOCOc1ccc2cc(/C=C/C#Cc3ccc(N(C(=O)OC)C(C)(C)C)nc3[N+](=O)[O-])oc2c1. The van der Waals surface area contributed by atoms with Crippen LogP contribution in [0.4, 0.5) is 16.4 Å². The Morgan fingerprint density at radius 1 is 1.25 bits per heavy atom. The van der Waals surface area contributed by atoms with Crippen LogP contribution in [0, 0.1) is 22.0 Å². The Labute approximate surface area is 208 Å². The molecule has 1 aromatic carbocycles. The zero-order valence-corrected chi connectivity index (χ0v) is 20.7. The molecule has 1 amide bonds. The van der Waals surface area contributed by atoms with Crippen molar-refractivity contribution >= 4 is 34.8 Å². The molecule has 0 aliphatic rings. The molecule has 0 spiro atoms. The van der Waals surface area contributed by atoms with Crippen molar-refractivity contribution in [3.8, 4) is 17.6 Å². The number of nitro groups is 1. The van der Waals surface area contributed by atoms with E-state index in [0.29, 0.717) is 23.7 Å². The lowest BCUT2D eigenvalue weighted by Gasteiger charge is -2.31. The second-order valence-electron chi connectivity index (χ2n) is 8.48. The van der Waals surface area contributed by atoms with Gasteiger partial charge in [-0.15, -0.1) is 0 Å². The van der Waals surface area contributed by atoms with E-state index in [-0.39, 0.29) is 18.2 Å². The summed E-state index contributed by atoms with van der Waals surface area (Å²) in [6.07, 6.45) is 2.50. The van der Waals surface area contributed by atoms with Crippen LogP contribution in [0.1, 0.15) is 39.0 Å². The monoisotopic (exact) mass is 493 g/mol. The molecule has 10 heteroatoms. The summed E-state index contributed by atoms with van der Waals surface area (Å²) in [7, 11) is 1.24. The largest absolute Gasteiger partial charge is 0.467 e. The molecule has 0 saturated carbocycles. The first kappa shape index (κ1) is 26.2. The fourth-order valence-corrected chi connectivity index (χ4v) is 3.24. The van der Waals surface area contributed by atoms with Crippen molar-refractivity contribution in [3.05, 3.63) is 63.9 Å². The van der Waals surface area contributed by atoms with Gasteiger partial charge in [-0.25, -0.2) is 9.69 Å². The number of nitrogens with zero attached hydrogens (tertiary/aromatic N) is 3. The van der Waals surface area contributed by atoms with Crippen molar-refractivity contribution in [2.45, 2.75) is 33.2 Å². The van der Waals surface area contributed by atoms with E-state index < -0.39 is 22.4 Å². The summed E-state index contributed by atoms with van der Waals surface area (Å²) >= 11 is 0. The third-order valence-corrected chi connectivity index (χ3v) is 4.85. The highest BCUT2D eigenvalue weighted by atomic mass is 16.7. The number of furan rings is 1. The predicted molar refractivity (Wildman–Crippen MR) is 135 cm³/mol. The van der Waals surface area contributed by atoms with Crippen molar-refractivity contribution in [2.75, 3.05) is 25.4 Å². The number of allylic oxidation sites excluding steroid dienone is 1. The average molecular weight is 494 g/mol. The second kappa shape index (κ2) is 11.4. The van der Waals surface area contributed by atoms with Gasteiger partial charge < -0.3 is 28.7 Å². The van der Waals surface area contributed by atoms with Gasteiger partial charge in [0.05, 0.1) is 7.11 Å². The molecule has 0 radical (unpaired) electrons. The van der Waals surface area contributed by atoms with Gasteiger partial charge in [0.1, 0.15) is 22.7 Å². The minimum atomic E-state index is -0.716. The first-order valence-electron chi connectivity index (χ1n) is 11.1. The zero-order valence-electron chi connectivity index (χ0n) is 20.7. The van der Waals surface area contributed by atoms with E-state index >= 15 is 0 Å². The predicted octanol–water partition coefficient (Wildman–Crippen LogP) is 5.55. The highest BCUT2D eigenvalue weighted by Crippen LogP contribution is 2.27. The van der Waals surface area contributed by atoms with Crippen molar-refractivity contribution in [3.63, 3.8) is 0 Å². The average Bonchev–Trinajstić information content (AvgIpc) is 3.23. The van der Waals surface area contributed by atoms with Gasteiger partial charge >= 0.3 is 11.9 Å². The summed E-state index contributed by atoms with van der Waals surface area (Å²) in [4.78, 5) is 28.6. The molecule has 0 fully saturated rings. The number of fused-ring (bicyclic) bond motifs is 1. The van der Waals surface area contributed by atoms with Crippen LogP contribution in [-0.2, 0) is 9.47 Å². The molecule has 3 rings (SSSR count). The number of aromatic nitrogens is 1. The lowest BCUT2D eigenvalue weighted by molar-refractivity contribution is -0.389. The smallest absolute Gasteiger partial charge is 0.417 e. The molecule has 2 aromatic heterocycles. The summed E-state index contributed by atoms with van der Waals surface area (Å²) < 4.78 is 21.3. The normalized spacial score (nSPS) is 11.2. The van der Waals surface area contributed by atoms with Gasteiger partial charge in [-0.2, -0.15) is 0 Å². The lowest BCUT2D eigenvalue weighted by atomic mass is 10.1. The molecule has 0 N–H and O–H groups in total. The number of rotatable bonds is 7. The number of ether oxygens (including phenoxy) is 3. The maximum Gasteiger partial charge on any atom is 0.417 e. The standard InChI is InChI=1S/C26H27N3O7/c1-6-34-17-35-20-13-11-19-15-21(36-22(19)16-20)10-8-7-9-18-12-14-23(27-24(18)29(31)32)28(25(30)33-5)26(2,3)4/h8,10-16H,6,17H2,1-5H3/b10-8+. The maximum atomic E-state index is 12.2. The van der Waals surface area contributed by atoms with Crippen molar-refractivity contribution in [1.29, 1.82) is 0 Å². The summed E-state index contributed by atoms with van der Waals surface area (Å²) in [5, 5.41) is 12.5. The number of benzene rings is 1. The maximum absolute atomic E-state index is 12.2. The number of pyridine rings is 1. The van der Waals surface area contributed by atoms with Gasteiger partial charge in [0, 0.05) is 29.7 Å². The summed E-state index contributed by atoms with van der Waals surface area (Å²) in [6, 6.07) is 10.2. The van der Waals surface area contributed by atoms with E-state index in [1.54, 1.807) is 32.9 Å². The molecular weight excluding hydrogens is 466 g/mol. The quantitative estimate of drug-likeness (QED) is 0.138. The van der Waals surface area contributed by atoms with E-state index in [2.05, 4.69) is 16.8 Å². The number of anilines is 1. The Morgan fingerprint density at radius 2 is 2.03 bits per heavy atom. The Morgan fingerprint density at radius 3 is 2.69 bits per heavy atom. The van der Waals surface area contributed by atoms with E-state index in [1.807, 2.05) is 25.1 Å². The third-order valence-electron chi connectivity index (χ3n) is 4.85. The minimum Gasteiger partial charge on any atom is -0.467 e. The molecule has 0 unspecified atom stereocenters. The fourth-order valence-electron chi connectivity index (χ4n) is 3.24. The van der Waals surface area contributed by atoms with Crippen LogP contribution in [0.5, 0.6) is 5.75 Å². The van der Waals surface area contributed by atoms with E-state index in [1.165, 1.54) is 30.2 Å². The topological polar surface area (TPSA) is 117 Å². The molecule has 188 valence electrons. The Hall–Kier alpha value is -4.36. The van der Waals surface area contributed by atoms with Crippen LogP contribution >= 0.6 is 0 Å². The van der Waals surface area contributed by atoms with Gasteiger partial charge in [0.2, 0.25) is 0 Å². The van der Waals surface area contributed by atoms with Crippen molar-refractivity contribution in [1.82, 2.24) is 4.98 Å². The molecule has 10 nitrogen and oxygen atoms in total. The highest BCUT2D eigenvalue weighted by molar-refractivity contribution is 5.88. The van der Waals surface area contributed by atoms with Crippen LogP contribution in [0.25, 0.3) is 17.0 Å². The number of carbonyl (C=O) groups excluding carboxylic acids is 1. The molecule has 0 aliphatic heterocycles. The van der Waals surface area contributed by atoms with Gasteiger partial charge in [-0.05, 0) is 74.0 Å². The molecule has 0 aliphatic carbocycles. The number of hydrogen-bond donors (Lipinski definition) is 0. The van der Waals surface area contributed by atoms with Crippen LogP contribution in [0.2, 0.25) is 0 Å². The molecule has 0 atom stereocenters. The van der Waals surface area contributed by atoms with E-state index in [0.717, 1.165) is 5.39 Å². The zero-order chi connectivity index (χ0) is 26.3. The number of carbonyl (C=O) groups is 1. The van der Waals surface area contributed by atoms with Gasteiger partial charge in [-0.3, -0.25) is 0 Å². The van der Waals surface area contributed by atoms with Gasteiger partial charge in [0.25, 0.3) is 5.82 Å². The highest BCUT2D eigenvalue weighted by Gasteiger charge is 2.34. The van der Waals surface area contributed by atoms with Crippen molar-refractivity contribution < 1.29 is 28.3 Å². The lowest BCUT2D eigenvalue weighted by Crippen LogP contribution is -2.46. The number of methoxy groups -OCH3 is 1. The summed E-state index contributed by atoms with van der Waals surface area (Å²) in [6.45, 7) is 7.90. The second-order valence-corrected chi connectivity index (χ2v) is 8.48. The Bertz CT molecular complexity index is 1340. The Balaban J connectivity index is 1.82. The number of hydrogen-bond acceptors (Lipinski definition) is 8. The minimum absolute atomic E-state index is 0.0917. The van der Waals surface area contributed by atoms with E-state index in [9.17, 15) is 14.9 Å². The first-order valence-corrected chi connectivity index (χ1v) is 11.1. The molecule has 0 saturated heterocycles. The molecule has 0 bridgehead atoms. The van der Waals surface area contributed by atoms with Crippen LogP contribution in [0.15, 0.2) is 46.9 Å². The van der Waals surface area contributed by atoms with E-state index in [4.69, 9.17) is 18.6 Å².